The molecule has 0 amide bonds. The van der Waals surface area contributed by atoms with E-state index in [2.05, 4.69) is 198 Å². The van der Waals surface area contributed by atoms with Gasteiger partial charge in [0.25, 0.3) is 0 Å². The highest BCUT2D eigenvalue weighted by molar-refractivity contribution is 6.12. The summed E-state index contributed by atoms with van der Waals surface area (Å²) in [6.45, 7) is 0. The van der Waals surface area contributed by atoms with Crippen LogP contribution < -0.4 is 4.90 Å². The van der Waals surface area contributed by atoms with Gasteiger partial charge in [-0.3, -0.25) is 0 Å². The molecule has 0 radical (unpaired) electrons. The lowest BCUT2D eigenvalue weighted by Crippen LogP contribution is -2.32. The van der Waals surface area contributed by atoms with Crippen LogP contribution in [0.1, 0.15) is 6.42 Å². The van der Waals surface area contributed by atoms with E-state index < -0.39 is 0 Å². The summed E-state index contributed by atoms with van der Waals surface area (Å²) in [5.41, 5.74) is 10.3. The number of furan rings is 1. The zero-order chi connectivity index (χ0) is 34.9. The van der Waals surface area contributed by atoms with E-state index in [1.165, 1.54) is 66.0 Å². The molecule has 11 rings (SSSR count). The van der Waals surface area contributed by atoms with Gasteiger partial charge in [0, 0.05) is 56.0 Å². The number of nitrogens with zero attached hydrogens (tertiary/aromatic N) is 2. The van der Waals surface area contributed by atoms with Gasteiger partial charge in [-0.15, -0.1) is 0 Å². The Morgan fingerprint density at radius 3 is 1.92 bits per heavy atom. The third-order valence-electron chi connectivity index (χ3n) is 11.1. The lowest BCUT2D eigenvalue weighted by Gasteiger charge is -2.36. The predicted molar refractivity (Wildman–Crippen MR) is 224 cm³/mol. The molecule has 250 valence electrons. The van der Waals surface area contributed by atoms with Crippen LogP contribution in [0.3, 0.4) is 0 Å². The van der Waals surface area contributed by atoms with Crippen molar-refractivity contribution in [1.82, 2.24) is 4.57 Å². The third kappa shape index (κ3) is 4.74. The average molecular weight is 679 g/mol. The Morgan fingerprint density at radius 2 is 1.11 bits per heavy atom. The van der Waals surface area contributed by atoms with Gasteiger partial charge in [-0.2, -0.15) is 0 Å². The Kier molecular flexibility index (Phi) is 6.68. The number of aromatic nitrogens is 1. The summed E-state index contributed by atoms with van der Waals surface area (Å²) >= 11 is 0. The van der Waals surface area contributed by atoms with Crippen molar-refractivity contribution in [3.8, 4) is 11.1 Å². The van der Waals surface area contributed by atoms with Crippen LogP contribution >= 0.6 is 0 Å². The van der Waals surface area contributed by atoms with Crippen molar-refractivity contribution in [2.45, 2.75) is 12.5 Å². The molecule has 0 bridgehead atoms. The molecule has 10 aromatic rings. The summed E-state index contributed by atoms with van der Waals surface area (Å²) in [5, 5.41) is 9.68. The van der Waals surface area contributed by atoms with Gasteiger partial charge in [0.1, 0.15) is 11.2 Å². The SMILES string of the molecule is C1=CC(N(c2ccccc2-c2ccc3oc4cc5ccccc5cc4c3c2)c2cccc3ccccc23)CC(n2c3ccccc3c3ccccc32)=C1. The number of hydrogen-bond donors (Lipinski definition) is 0. The summed E-state index contributed by atoms with van der Waals surface area (Å²) < 4.78 is 8.89. The second-order valence-electron chi connectivity index (χ2n) is 14.1. The van der Waals surface area contributed by atoms with Crippen LogP contribution in [0.2, 0.25) is 0 Å². The highest BCUT2D eigenvalue weighted by atomic mass is 16.3. The minimum absolute atomic E-state index is 0.0479. The Bertz CT molecular complexity index is 3060. The molecule has 2 heterocycles. The quantitative estimate of drug-likeness (QED) is 0.181. The zero-order valence-corrected chi connectivity index (χ0v) is 29.0. The van der Waals surface area contributed by atoms with Gasteiger partial charge in [-0.1, -0.05) is 133 Å². The van der Waals surface area contributed by atoms with E-state index >= 15 is 0 Å². The molecule has 0 fully saturated rings. The number of rotatable bonds is 5. The molecule has 3 nitrogen and oxygen atoms in total. The minimum Gasteiger partial charge on any atom is -0.456 e. The van der Waals surface area contributed by atoms with Gasteiger partial charge in [0.2, 0.25) is 0 Å². The number of anilines is 2. The van der Waals surface area contributed by atoms with E-state index in [1.807, 2.05) is 0 Å². The summed E-state index contributed by atoms with van der Waals surface area (Å²) in [7, 11) is 0. The maximum atomic E-state index is 6.42. The summed E-state index contributed by atoms with van der Waals surface area (Å²) in [4.78, 5) is 2.57. The lowest BCUT2D eigenvalue weighted by molar-refractivity contribution is 0.669. The van der Waals surface area contributed by atoms with E-state index in [-0.39, 0.29) is 6.04 Å². The minimum atomic E-state index is 0.0479. The van der Waals surface area contributed by atoms with Crippen LogP contribution in [-0.4, -0.2) is 10.6 Å². The van der Waals surface area contributed by atoms with Crippen molar-refractivity contribution in [3.63, 3.8) is 0 Å². The van der Waals surface area contributed by atoms with E-state index in [1.54, 1.807) is 0 Å². The van der Waals surface area contributed by atoms with Crippen LogP contribution in [0.15, 0.2) is 193 Å². The molecular formula is C50H34N2O. The van der Waals surface area contributed by atoms with Crippen molar-refractivity contribution < 1.29 is 4.42 Å². The highest BCUT2D eigenvalue weighted by Gasteiger charge is 2.27. The van der Waals surface area contributed by atoms with Gasteiger partial charge in [-0.25, -0.2) is 0 Å². The summed E-state index contributed by atoms with van der Waals surface area (Å²) in [6, 6.07) is 61.5. The molecule has 1 unspecified atom stereocenters. The predicted octanol–water partition coefficient (Wildman–Crippen LogP) is 13.7. The Labute approximate surface area is 306 Å². The first-order valence-corrected chi connectivity index (χ1v) is 18.4. The Balaban J connectivity index is 1.09. The van der Waals surface area contributed by atoms with Crippen molar-refractivity contribution in [1.29, 1.82) is 0 Å². The van der Waals surface area contributed by atoms with Crippen molar-refractivity contribution in [2.24, 2.45) is 0 Å². The van der Waals surface area contributed by atoms with E-state index in [4.69, 9.17) is 4.42 Å². The van der Waals surface area contributed by atoms with Crippen LogP contribution in [0.25, 0.3) is 82.1 Å². The number of hydrogen-bond acceptors (Lipinski definition) is 2. The fraction of sp³-hybridized carbons (Fsp3) is 0.0400. The molecule has 1 aliphatic rings. The first kappa shape index (κ1) is 29.8. The molecule has 1 aliphatic carbocycles. The molecule has 3 heteroatoms. The highest BCUT2D eigenvalue weighted by Crippen LogP contribution is 2.44. The fourth-order valence-electron chi connectivity index (χ4n) is 8.68. The van der Waals surface area contributed by atoms with Gasteiger partial charge in [-0.05, 0) is 76.3 Å². The molecular weight excluding hydrogens is 645 g/mol. The normalized spacial score (nSPS) is 14.6. The van der Waals surface area contributed by atoms with Gasteiger partial charge < -0.3 is 13.9 Å². The summed E-state index contributed by atoms with van der Waals surface area (Å²) in [5.74, 6) is 0. The number of allylic oxidation sites excluding steroid dienone is 2. The van der Waals surface area contributed by atoms with E-state index in [9.17, 15) is 0 Å². The largest absolute Gasteiger partial charge is 0.456 e. The molecule has 2 aromatic heterocycles. The molecule has 0 saturated carbocycles. The summed E-state index contributed by atoms with van der Waals surface area (Å²) in [6.07, 6.45) is 7.75. The molecule has 8 aromatic carbocycles. The lowest BCUT2D eigenvalue weighted by atomic mass is 9.95. The van der Waals surface area contributed by atoms with E-state index in [0.29, 0.717) is 0 Å². The monoisotopic (exact) mass is 678 g/mol. The maximum absolute atomic E-state index is 6.42. The third-order valence-corrected chi connectivity index (χ3v) is 11.1. The van der Waals surface area contributed by atoms with Gasteiger partial charge >= 0.3 is 0 Å². The van der Waals surface area contributed by atoms with Crippen molar-refractivity contribution in [2.75, 3.05) is 4.90 Å². The number of fused-ring (bicyclic) bond motifs is 8. The Morgan fingerprint density at radius 1 is 0.491 bits per heavy atom. The topological polar surface area (TPSA) is 21.3 Å². The second-order valence-corrected chi connectivity index (χ2v) is 14.1. The molecule has 0 spiro atoms. The van der Waals surface area contributed by atoms with Crippen LogP contribution in [-0.2, 0) is 0 Å². The smallest absolute Gasteiger partial charge is 0.136 e. The molecule has 0 aliphatic heterocycles. The molecule has 0 saturated heterocycles. The maximum Gasteiger partial charge on any atom is 0.136 e. The van der Waals surface area contributed by atoms with Crippen molar-refractivity contribution in [3.05, 3.63) is 188 Å². The average Bonchev–Trinajstić information content (AvgIpc) is 3.75. The zero-order valence-electron chi connectivity index (χ0n) is 29.0. The Hall–Kier alpha value is -6.84. The number of benzene rings is 8. The number of para-hydroxylation sites is 3. The second kappa shape index (κ2) is 11.9. The molecule has 1 atom stereocenters. The van der Waals surface area contributed by atoms with Crippen molar-refractivity contribution >= 4 is 82.4 Å². The van der Waals surface area contributed by atoms with Crippen LogP contribution in [0, 0.1) is 0 Å². The van der Waals surface area contributed by atoms with Crippen LogP contribution in [0.5, 0.6) is 0 Å². The van der Waals surface area contributed by atoms with Gasteiger partial charge in [0.05, 0.1) is 17.1 Å². The molecule has 53 heavy (non-hydrogen) atoms. The first-order chi connectivity index (χ1) is 26.3. The van der Waals surface area contributed by atoms with Gasteiger partial charge in [0.15, 0.2) is 0 Å². The van der Waals surface area contributed by atoms with Crippen LogP contribution in [0.4, 0.5) is 11.4 Å². The standard InChI is InChI=1S/C50H34N2O/c1-2-15-35-31-50-44(29-34(35)14-1)43-30-36(27-28-49(43)53-50)40-20-5-8-23-45(40)51(46-26-11-16-33-13-3-4-19-39(33)46)37-17-12-18-38(32-37)52-47-24-9-6-21-41(47)42-22-7-10-25-48(42)52/h1-31,37H,32H2. The first-order valence-electron chi connectivity index (χ1n) is 18.4. The molecule has 0 N–H and O–H groups in total. The van der Waals surface area contributed by atoms with E-state index in [0.717, 1.165) is 33.9 Å². The fourth-order valence-corrected chi connectivity index (χ4v) is 8.68.